The van der Waals surface area contributed by atoms with E-state index in [1.54, 1.807) is 0 Å². The zero-order valence-electron chi connectivity index (χ0n) is 9.36. The smallest absolute Gasteiger partial charge is 0.156 e. The fourth-order valence-corrected chi connectivity index (χ4v) is 1.84. The third-order valence-electron chi connectivity index (χ3n) is 3.14. The SMILES string of the molecule is C=C(CC)CC(=O)C1(C)CCCCN1. The number of nitrogens with one attached hydrogen (secondary N) is 1. The molecule has 14 heavy (non-hydrogen) atoms. The highest BCUT2D eigenvalue weighted by atomic mass is 16.1. The molecule has 0 aromatic rings. The third kappa shape index (κ3) is 2.68. The second kappa shape index (κ2) is 4.74. The van der Waals surface area contributed by atoms with E-state index in [4.69, 9.17) is 0 Å². The molecule has 1 rings (SSSR count). The van der Waals surface area contributed by atoms with Crippen LogP contribution < -0.4 is 5.32 Å². The van der Waals surface area contributed by atoms with Gasteiger partial charge in [0.05, 0.1) is 5.54 Å². The topological polar surface area (TPSA) is 29.1 Å². The molecule has 1 fully saturated rings. The van der Waals surface area contributed by atoms with Gasteiger partial charge in [-0.2, -0.15) is 0 Å². The first-order valence-corrected chi connectivity index (χ1v) is 5.53. The number of carbonyl (C=O) groups is 1. The first-order valence-electron chi connectivity index (χ1n) is 5.53. The minimum atomic E-state index is -0.281. The molecule has 0 amide bonds. The molecule has 1 atom stereocenters. The maximum absolute atomic E-state index is 12.0. The summed E-state index contributed by atoms with van der Waals surface area (Å²) in [5.74, 6) is 0.309. The van der Waals surface area contributed by atoms with E-state index in [9.17, 15) is 4.79 Å². The van der Waals surface area contributed by atoms with Crippen LogP contribution in [-0.2, 0) is 4.79 Å². The molecular formula is C12H21NO. The summed E-state index contributed by atoms with van der Waals surface area (Å²) in [6, 6.07) is 0. The van der Waals surface area contributed by atoms with Crippen LogP contribution >= 0.6 is 0 Å². The summed E-state index contributed by atoms with van der Waals surface area (Å²) in [6.07, 6.45) is 4.77. The van der Waals surface area contributed by atoms with Gasteiger partial charge in [0.1, 0.15) is 0 Å². The Bertz CT molecular complexity index is 226. The number of piperidine rings is 1. The van der Waals surface area contributed by atoms with Crippen molar-refractivity contribution in [1.82, 2.24) is 5.32 Å². The summed E-state index contributed by atoms with van der Waals surface area (Å²) in [7, 11) is 0. The minimum Gasteiger partial charge on any atom is -0.305 e. The van der Waals surface area contributed by atoms with Crippen molar-refractivity contribution in [2.24, 2.45) is 0 Å². The van der Waals surface area contributed by atoms with Gasteiger partial charge in [0.15, 0.2) is 5.78 Å². The summed E-state index contributed by atoms with van der Waals surface area (Å²) in [4.78, 5) is 12.0. The Morgan fingerprint density at radius 3 is 2.71 bits per heavy atom. The molecule has 1 N–H and O–H groups in total. The van der Waals surface area contributed by atoms with E-state index in [2.05, 4.69) is 11.9 Å². The van der Waals surface area contributed by atoms with Crippen LogP contribution in [-0.4, -0.2) is 17.9 Å². The fourth-order valence-electron chi connectivity index (χ4n) is 1.84. The Morgan fingerprint density at radius 2 is 2.21 bits per heavy atom. The van der Waals surface area contributed by atoms with Crippen molar-refractivity contribution < 1.29 is 4.79 Å². The van der Waals surface area contributed by atoms with Crippen LogP contribution in [0.1, 0.15) is 46.0 Å². The van der Waals surface area contributed by atoms with E-state index in [-0.39, 0.29) is 5.54 Å². The molecule has 2 nitrogen and oxygen atoms in total. The lowest BCUT2D eigenvalue weighted by atomic mass is 9.84. The highest BCUT2D eigenvalue weighted by Crippen LogP contribution is 2.22. The molecule has 0 radical (unpaired) electrons. The Labute approximate surface area is 86.8 Å². The van der Waals surface area contributed by atoms with E-state index in [1.807, 2.05) is 13.8 Å². The van der Waals surface area contributed by atoms with Gasteiger partial charge in [-0.15, -0.1) is 0 Å². The summed E-state index contributed by atoms with van der Waals surface area (Å²) in [6.45, 7) is 8.94. The van der Waals surface area contributed by atoms with Gasteiger partial charge < -0.3 is 5.32 Å². The number of Topliss-reactive ketones (excluding diaryl/α,β-unsaturated/α-hetero) is 1. The van der Waals surface area contributed by atoms with Gasteiger partial charge in [-0.3, -0.25) is 4.79 Å². The van der Waals surface area contributed by atoms with Crippen LogP contribution in [0.4, 0.5) is 0 Å². The van der Waals surface area contributed by atoms with E-state index < -0.39 is 0 Å². The molecule has 1 aliphatic rings. The van der Waals surface area contributed by atoms with Crippen molar-refractivity contribution in [2.75, 3.05) is 6.54 Å². The van der Waals surface area contributed by atoms with Gasteiger partial charge in [0.25, 0.3) is 0 Å². The molecule has 2 heteroatoms. The number of allylic oxidation sites excluding steroid dienone is 1. The number of rotatable bonds is 4. The summed E-state index contributed by atoms with van der Waals surface area (Å²) in [5.41, 5.74) is 0.764. The fraction of sp³-hybridized carbons (Fsp3) is 0.750. The normalized spacial score (nSPS) is 27.3. The van der Waals surface area contributed by atoms with Gasteiger partial charge in [0.2, 0.25) is 0 Å². The van der Waals surface area contributed by atoms with Crippen molar-refractivity contribution in [3.05, 3.63) is 12.2 Å². The van der Waals surface area contributed by atoms with Crippen molar-refractivity contribution in [3.63, 3.8) is 0 Å². The molecule has 0 aromatic heterocycles. The molecule has 1 unspecified atom stereocenters. The predicted octanol–water partition coefficient (Wildman–Crippen LogP) is 2.44. The van der Waals surface area contributed by atoms with Crippen LogP contribution in [0.5, 0.6) is 0 Å². The van der Waals surface area contributed by atoms with Gasteiger partial charge in [0, 0.05) is 6.42 Å². The van der Waals surface area contributed by atoms with Crippen molar-refractivity contribution in [3.8, 4) is 0 Å². The molecule has 1 saturated heterocycles. The molecule has 0 aliphatic carbocycles. The lowest BCUT2D eigenvalue weighted by Crippen LogP contribution is -2.52. The van der Waals surface area contributed by atoms with Gasteiger partial charge in [-0.1, -0.05) is 19.1 Å². The quantitative estimate of drug-likeness (QED) is 0.698. The number of carbonyl (C=O) groups excluding carboxylic acids is 1. The maximum atomic E-state index is 12.0. The summed E-state index contributed by atoms with van der Waals surface area (Å²) >= 11 is 0. The average molecular weight is 195 g/mol. The molecule has 0 bridgehead atoms. The summed E-state index contributed by atoms with van der Waals surface area (Å²) in [5, 5.41) is 3.33. The molecular weight excluding hydrogens is 174 g/mol. The number of ketones is 1. The second-order valence-electron chi connectivity index (χ2n) is 4.42. The average Bonchev–Trinajstić information content (AvgIpc) is 2.18. The van der Waals surface area contributed by atoms with Crippen molar-refractivity contribution in [1.29, 1.82) is 0 Å². The van der Waals surface area contributed by atoms with Crippen LogP contribution in [0.3, 0.4) is 0 Å². The van der Waals surface area contributed by atoms with Crippen molar-refractivity contribution >= 4 is 5.78 Å². The van der Waals surface area contributed by atoms with Crippen molar-refractivity contribution in [2.45, 2.75) is 51.5 Å². The lowest BCUT2D eigenvalue weighted by Gasteiger charge is -2.33. The van der Waals surface area contributed by atoms with E-state index >= 15 is 0 Å². The van der Waals surface area contributed by atoms with Gasteiger partial charge in [-0.25, -0.2) is 0 Å². The Kier molecular flexibility index (Phi) is 3.87. The molecule has 1 aliphatic heterocycles. The standard InChI is InChI=1S/C12H21NO/c1-4-10(2)9-11(14)12(3)7-5-6-8-13-12/h13H,2,4-9H2,1,3H3. The monoisotopic (exact) mass is 195 g/mol. The highest BCUT2D eigenvalue weighted by Gasteiger charge is 2.33. The predicted molar refractivity (Wildman–Crippen MR) is 59.3 cm³/mol. The third-order valence-corrected chi connectivity index (χ3v) is 3.14. The van der Waals surface area contributed by atoms with Crippen LogP contribution in [0.15, 0.2) is 12.2 Å². The molecule has 1 heterocycles. The number of hydrogen-bond acceptors (Lipinski definition) is 2. The van der Waals surface area contributed by atoms with E-state index in [0.717, 1.165) is 31.4 Å². The Balaban J connectivity index is 2.53. The zero-order chi connectivity index (χ0) is 10.6. The van der Waals surface area contributed by atoms with E-state index in [1.165, 1.54) is 6.42 Å². The molecule has 80 valence electrons. The maximum Gasteiger partial charge on any atom is 0.156 e. The molecule has 0 saturated carbocycles. The minimum absolute atomic E-state index is 0.281. The largest absolute Gasteiger partial charge is 0.305 e. The van der Waals surface area contributed by atoms with Crippen LogP contribution in [0.25, 0.3) is 0 Å². The Morgan fingerprint density at radius 1 is 1.50 bits per heavy atom. The zero-order valence-corrected chi connectivity index (χ0v) is 9.36. The number of hydrogen-bond donors (Lipinski definition) is 1. The molecule has 0 spiro atoms. The Hall–Kier alpha value is -0.630. The van der Waals surface area contributed by atoms with Crippen LogP contribution in [0, 0.1) is 0 Å². The van der Waals surface area contributed by atoms with E-state index in [0.29, 0.717) is 12.2 Å². The molecule has 0 aromatic carbocycles. The van der Waals surface area contributed by atoms with Crippen LogP contribution in [0.2, 0.25) is 0 Å². The lowest BCUT2D eigenvalue weighted by molar-refractivity contribution is -0.125. The first kappa shape index (κ1) is 11.4. The second-order valence-corrected chi connectivity index (χ2v) is 4.42. The van der Waals surface area contributed by atoms with Gasteiger partial charge >= 0.3 is 0 Å². The van der Waals surface area contributed by atoms with Gasteiger partial charge in [-0.05, 0) is 39.2 Å². The first-order chi connectivity index (χ1) is 6.58. The summed E-state index contributed by atoms with van der Waals surface area (Å²) < 4.78 is 0. The highest BCUT2D eigenvalue weighted by molar-refractivity contribution is 5.89.